The normalized spacial score (nSPS) is 10.5. The molecule has 0 aliphatic heterocycles. The van der Waals surface area contributed by atoms with Crippen molar-refractivity contribution in [1.29, 1.82) is 0 Å². The smallest absolute Gasteiger partial charge is 0.219 e. The van der Waals surface area contributed by atoms with E-state index in [1.807, 2.05) is 60.7 Å². The number of hydrogen-bond acceptors (Lipinski definition) is 3. The number of nitrogens with one attached hydrogen (secondary N) is 1. The zero-order valence-corrected chi connectivity index (χ0v) is 13.7. The van der Waals surface area contributed by atoms with Gasteiger partial charge in [-0.25, -0.2) is 4.98 Å². The molecular weight excluding hydrogens is 300 g/mol. The van der Waals surface area contributed by atoms with Gasteiger partial charge in [-0.1, -0.05) is 60.7 Å². The summed E-state index contributed by atoms with van der Waals surface area (Å²) < 4.78 is 6.03. The van der Waals surface area contributed by atoms with Gasteiger partial charge in [0, 0.05) is 31.0 Å². The minimum absolute atomic E-state index is 0.0353. The Balaban J connectivity index is 1.90. The van der Waals surface area contributed by atoms with Crippen molar-refractivity contribution in [3.05, 3.63) is 66.6 Å². The lowest BCUT2D eigenvalue weighted by Crippen LogP contribution is -2.17. The quantitative estimate of drug-likeness (QED) is 0.744. The highest BCUT2D eigenvalue weighted by atomic mass is 16.4. The fourth-order valence-electron chi connectivity index (χ4n) is 2.57. The van der Waals surface area contributed by atoms with Crippen LogP contribution in [0.5, 0.6) is 0 Å². The molecule has 4 nitrogen and oxygen atoms in total. The molecule has 3 rings (SSSR count). The highest BCUT2D eigenvalue weighted by molar-refractivity contribution is 5.77. The van der Waals surface area contributed by atoms with Crippen molar-refractivity contribution >= 4 is 5.91 Å². The van der Waals surface area contributed by atoms with Crippen LogP contribution in [0, 0.1) is 0 Å². The first kappa shape index (κ1) is 16.0. The monoisotopic (exact) mass is 320 g/mol. The largest absolute Gasteiger partial charge is 0.440 e. The minimum Gasteiger partial charge on any atom is -0.440 e. The molecule has 0 bridgehead atoms. The number of carbonyl (C=O) groups is 1. The molecule has 0 fully saturated rings. The first-order valence-electron chi connectivity index (χ1n) is 8.09. The van der Waals surface area contributed by atoms with Gasteiger partial charge in [-0.05, 0) is 6.42 Å². The second-order valence-corrected chi connectivity index (χ2v) is 5.54. The van der Waals surface area contributed by atoms with Crippen LogP contribution in [0.15, 0.2) is 65.1 Å². The average molecular weight is 320 g/mol. The molecule has 122 valence electrons. The fraction of sp³-hybridized carbons (Fsp3) is 0.200. The molecule has 1 N–H and O–H groups in total. The summed E-state index contributed by atoms with van der Waals surface area (Å²) in [5.74, 6) is 1.47. The van der Waals surface area contributed by atoms with Gasteiger partial charge in [-0.15, -0.1) is 0 Å². The number of amides is 1. The van der Waals surface area contributed by atoms with Crippen molar-refractivity contribution < 1.29 is 9.21 Å². The van der Waals surface area contributed by atoms with Crippen LogP contribution in [0.25, 0.3) is 22.6 Å². The average Bonchev–Trinajstić information content (AvgIpc) is 3.07. The zero-order chi connectivity index (χ0) is 16.8. The van der Waals surface area contributed by atoms with Crippen LogP contribution in [-0.2, 0) is 11.2 Å². The molecule has 1 heterocycles. The summed E-state index contributed by atoms with van der Waals surface area (Å²) >= 11 is 0. The van der Waals surface area contributed by atoms with E-state index in [0.717, 1.165) is 22.6 Å². The molecule has 24 heavy (non-hydrogen) atoms. The number of benzene rings is 2. The van der Waals surface area contributed by atoms with E-state index < -0.39 is 0 Å². The lowest BCUT2D eigenvalue weighted by atomic mass is 10.1. The van der Waals surface area contributed by atoms with Crippen molar-refractivity contribution in [3.63, 3.8) is 0 Å². The Bertz CT molecular complexity index is 738. The summed E-state index contributed by atoms with van der Waals surface area (Å²) in [6.07, 6.45) is 1.82. The first-order chi connectivity index (χ1) is 11.8. The van der Waals surface area contributed by atoms with Gasteiger partial charge in [0.15, 0.2) is 11.7 Å². The van der Waals surface area contributed by atoms with E-state index in [-0.39, 0.29) is 5.91 Å². The maximum absolute atomic E-state index is 11.4. The number of aryl methyl sites for hydroxylation is 1. The van der Waals surface area contributed by atoms with Crippen LogP contribution in [0.1, 0.15) is 18.7 Å². The number of hydrogen-bond donors (Lipinski definition) is 1. The molecule has 0 spiro atoms. The minimum atomic E-state index is 0.0353. The molecule has 2 aromatic carbocycles. The van der Waals surface area contributed by atoms with Crippen molar-refractivity contribution in [1.82, 2.24) is 10.3 Å². The Labute approximate surface area is 141 Å². The van der Waals surface area contributed by atoms with E-state index in [4.69, 9.17) is 4.42 Å². The number of oxazole rings is 1. The van der Waals surface area contributed by atoms with Crippen LogP contribution in [0.2, 0.25) is 0 Å². The topological polar surface area (TPSA) is 55.1 Å². The summed E-state index contributed by atoms with van der Waals surface area (Å²) in [6, 6.07) is 20.0. The molecule has 0 radical (unpaired) electrons. The zero-order valence-electron chi connectivity index (χ0n) is 13.7. The third-order valence-corrected chi connectivity index (χ3v) is 3.83. The highest BCUT2D eigenvalue weighted by Crippen LogP contribution is 2.32. The molecule has 0 atom stereocenters. The van der Waals surface area contributed by atoms with Crippen molar-refractivity contribution in [2.45, 2.75) is 19.3 Å². The third kappa shape index (κ3) is 3.71. The van der Waals surface area contributed by atoms with E-state index in [1.54, 1.807) is 7.05 Å². The van der Waals surface area contributed by atoms with Crippen LogP contribution in [0.4, 0.5) is 0 Å². The molecular formula is C20H20N2O2. The van der Waals surface area contributed by atoms with Crippen molar-refractivity contribution in [2.24, 2.45) is 0 Å². The Morgan fingerprint density at radius 3 is 2.25 bits per heavy atom. The standard InChI is InChI=1S/C20H20N2O2/c1-21-17(23)13-8-14-18-22-19(15-9-4-2-5-10-15)20(24-18)16-11-6-3-7-12-16/h2-7,9-12H,8,13-14H2,1H3,(H,21,23). The summed E-state index contributed by atoms with van der Waals surface area (Å²) in [7, 11) is 1.65. The lowest BCUT2D eigenvalue weighted by molar-refractivity contribution is -0.120. The predicted octanol–water partition coefficient (Wildman–Crippen LogP) is 4.08. The number of aromatic nitrogens is 1. The van der Waals surface area contributed by atoms with Crippen molar-refractivity contribution in [2.75, 3.05) is 7.05 Å². The Kier molecular flexibility index (Phi) is 5.06. The maximum atomic E-state index is 11.4. The second-order valence-electron chi connectivity index (χ2n) is 5.54. The first-order valence-corrected chi connectivity index (χ1v) is 8.09. The summed E-state index contributed by atoms with van der Waals surface area (Å²) in [5, 5.41) is 2.63. The number of rotatable bonds is 6. The van der Waals surface area contributed by atoms with Crippen LogP contribution < -0.4 is 5.32 Å². The third-order valence-electron chi connectivity index (χ3n) is 3.83. The van der Waals surface area contributed by atoms with Crippen LogP contribution >= 0.6 is 0 Å². The van der Waals surface area contributed by atoms with E-state index in [2.05, 4.69) is 10.3 Å². The molecule has 0 aliphatic rings. The molecule has 0 saturated carbocycles. The molecule has 4 heteroatoms. The maximum Gasteiger partial charge on any atom is 0.219 e. The molecule has 3 aromatic rings. The molecule has 0 saturated heterocycles. The van der Waals surface area contributed by atoms with Gasteiger partial charge >= 0.3 is 0 Å². The number of nitrogens with zero attached hydrogens (tertiary/aromatic N) is 1. The van der Waals surface area contributed by atoms with E-state index in [0.29, 0.717) is 25.2 Å². The van der Waals surface area contributed by atoms with Gasteiger partial charge in [0.1, 0.15) is 5.69 Å². The fourth-order valence-corrected chi connectivity index (χ4v) is 2.57. The van der Waals surface area contributed by atoms with Crippen LogP contribution in [-0.4, -0.2) is 17.9 Å². The van der Waals surface area contributed by atoms with E-state index in [1.165, 1.54) is 0 Å². The van der Waals surface area contributed by atoms with E-state index in [9.17, 15) is 4.79 Å². The van der Waals surface area contributed by atoms with Gasteiger partial charge in [0.25, 0.3) is 0 Å². The van der Waals surface area contributed by atoms with Gasteiger partial charge in [0.05, 0.1) is 0 Å². The summed E-state index contributed by atoms with van der Waals surface area (Å²) in [4.78, 5) is 16.0. The van der Waals surface area contributed by atoms with Gasteiger partial charge in [0.2, 0.25) is 5.91 Å². The Morgan fingerprint density at radius 1 is 1.00 bits per heavy atom. The summed E-state index contributed by atoms with van der Waals surface area (Å²) in [5.41, 5.74) is 2.87. The van der Waals surface area contributed by atoms with Gasteiger partial charge < -0.3 is 9.73 Å². The Morgan fingerprint density at radius 2 is 1.62 bits per heavy atom. The number of carbonyl (C=O) groups excluding carboxylic acids is 1. The molecule has 1 aromatic heterocycles. The molecule has 0 unspecified atom stereocenters. The highest BCUT2D eigenvalue weighted by Gasteiger charge is 2.16. The molecule has 1 amide bonds. The second kappa shape index (κ2) is 7.59. The van der Waals surface area contributed by atoms with Gasteiger partial charge in [-0.2, -0.15) is 0 Å². The molecule has 0 aliphatic carbocycles. The van der Waals surface area contributed by atoms with Crippen LogP contribution in [0.3, 0.4) is 0 Å². The van der Waals surface area contributed by atoms with Gasteiger partial charge in [-0.3, -0.25) is 4.79 Å². The lowest BCUT2D eigenvalue weighted by Gasteiger charge is -2.00. The van der Waals surface area contributed by atoms with Crippen molar-refractivity contribution in [3.8, 4) is 22.6 Å². The predicted molar refractivity (Wildman–Crippen MR) is 94.4 cm³/mol. The Hall–Kier alpha value is -2.88. The summed E-state index contributed by atoms with van der Waals surface area (Å²) in [6.45, 7) is 0. The SMILES string of the molecule is CNC(=O)CCCc1nc(-c2ccccc2)c(-c2ccccc2)o1. The van der Waals surface area contributed by atoms with E-state index >= 15 is 0 Å².